The van der Waals surface area contributed by atoms with E-state index in [0.717, 1.165) is 23.3 Å². The minimum atomic E-state index is -4.34. The summed E-state index contributed by atoms with van der Waals surface area (Å²) in [6.07, 6.45) is -3.40. The number of methoxy groups -OCH3 is 1. The Morgan fingerprint density at radius 1 is 1.03 bits per heavy atom. The molecule has 2 aromatic carbocycles. The topological polar surface area (TPSA) is 44.8 Å². The monoisotopic (exact) mass is 410 g/mol. The Labute approximate surface area is 168 Å². The Kier molecular flexibility index (Phi) is 7.93. The van der Waals surface area contributed by atoms with E-state index in [1.165, 1.54) is 19.2 Å². The fourth-order valence-corrected chi connectivity index (χ4v) is 2.82. The summed E-state index contributed by atoms with van der Waals surface area (Å²) in [7, 11) is 1.53. The van der Waals surface area contributed by atoms with E-state index in [2.05, 4.69) is 0 Å². The zero-order valence-corrected chi connectivity index (χ0v) is 16.7. The lowest BCUT2D eigenvalue weighted by atomic mass is 10.0. The normalized spacial score (nSPS) is 12.3. The predicted octanol–water partition coefficient (Wildman–Crippen LogP) is 5.08. The predicted molar refractivity (Wildman–Crippen MR) is 103 cm³/mol. The molecular weight excluding hydrogens is 385 g/mol. The first kappa shape index (κ1) is 22.6. The summed E-state index contributed by atoms with van der Waals surface area (Å²) in [4.78, 5) is 11.8. The Morgan fingerprint density at radius 2 is 1.69 bits per heavy atom. The lowest BCUT2D eigenvalue weighted by Gasteiger charge is -2.15. The average molecular weight is 410 g/mol. The molecule has 0 heterocycles. The maximum Gasteiger partial charge on any atom is 0.416 e. The van der Waals surface area contributed by atoms with E-state index in [-0.39, 0.29) is 18.5 Å². The highest BCUT2D eigenvalue weighted by molar-refractivity contribution is 5.72. The van der Waals surface area contributed by atoms with Crippen LogP contribution in [0.1, 0.15) is 30.5 Å². The quantitative estimate of drug-likeness (QED) is 0.541. The fourth-order valence-electron chi connectivity index (χ4n) is 2.82. The van der Waals surface area contributed by atoms with Gasteiger partial charge in [0.05, 0.1) is 31.8 Å². The Morgan fingerprint density at radius 3 is 2.28 bits per heavy atom. The van der Waals surface area contributed by atoms with Crippen LogP contribution in [0.15, 0.2) is 42.5 Å². The molecule has 4 nitrogen and oxygen atoms in total. The van der Waals surface area contributed by atoms with Crippen LogP contribution >= 0.6 is 0 Å². The van der Waals surface area contributed by atoms with Gasteiger partial charge in [-0.1, -0.05) is 25.1 Å². The summed E-state index contributed by atoms with van der Waals surface area (Å²) in [5.74, 6) is 0.523. The van der Waals surface area contributed by atoms with Crippen molar-refractivity contribution in [3.05, 3.63) is 59.2 Å². The molecule has 0 saturated heterocycles. The molecule has 0 amide bonds. The van der Waals surface area contributed by atoms with Crippen molar-refractivity contribution in [2.75, 3.05) is 20.3 Å². The zero-order chi connectivity index (χ0) is 21.4. The van der Waals surface area contributed by atoms with E-state index in [9.17, 15) is 18.0 Å². The first-order chi connectivity index (χ1) is 13.7. The van der Waals surface area contributed by atoms with Crippen LogP contribution in [0, 0.1) is 5.92 Å². The molecule has 2 aromatic rings. The maximum atomic E-state index is 12.6. The number of carbonyl (C=O) groups excluding carboxylic acids is 1. The Bertz CT molecular complexity index is 801. The van der Waals surface area contributed by atoms with Gasteiger partial charge in [0.1, 0.15) is 0 Å². The number of alkyl halides is 3. The highest BCUT2D eigenvalue weighted by Crippen LogP contribution is 2.30. The van der Waals surface area contributed by atoms with Crippen molar-refractivity contribution in [3.8, 4) is 11.5 Å². The van der Waals surface area contributed by atoms with Gasteiger partial charge in [-0.15, -0.1) is 0 Å². The number of carbonyl (C=O) groups is 1. The molecule has 29 heavy (non-hydrogen) atoms. The molecule has 0 bridgehead atoms. The third-order valence-electron chi connectivity index (χ3n) is 4.39. The number of halogens is 3. The summed E-state index contributed by atoms with van der Waals surface area (Å²) in [6.45, 7) is 4.18. The maximum absolute atomic E-state index is 12.6. The number of rotatable bonds is 9. The van der Waals surface area contributed by atoms with Crippen molar-refractivity contribution < 1.29 is 32.2 Å². The van der Waals surface area contributed by atoms with Crippen molar-refractivity contribution in [1.82, 2.24) is 0 Å². The molecule has 1 atom stereocenters. The third kappa shape index (κ3) is 6.69. The highest BCUT2D eigenvalue weighted by atomic mass is 19.4. The molecule has 2 rings (SSSR count). The van der Waals surface area contributed by atoms with Crippen LogP contribution < -0.4 is 9.47 Å². The molecule has 0 spiro atoms. The van der Waals surface area contributed by atoms with Gasteiger partial charge < -0.3 is 14.2 Å². The van der Waals surface area contributed by atoms with Crippen LogP contribution in [-0.4, -0.2) is 26.3 Å². The largest absolute Gasteiger partial charge is 0.493 e. The van der Waals surface area contributed by atoms with Gasteiger partial charge in [-0.3, -0.25) is 4.79 Å². The van der Waals surface area contributed by atoms with Crippen molar-refractivity contribution in [2.24, 2.45) is 5.92 Å². The lowest BCUT2D eigenvalue weighted by molar-refractivity contribution is -0.147. The van der Waals surface area contributed by atoms with E-state index in [0.29, 0.717) is 30.9 Å². The van der Waals surface area contributed by atoms with Crippen molar-refractivity contribution in [3.63, 3.8) is 0 Å². The van der Waals surface area contributed by atoms with Gasteiger partial charge in [0.2, 0.25) is 0 Å². The minimum Gasteiger partial charge on any atom is -0.493 e. The van der Waals surface area contributed by atoms with Gasteiger partial charge in [0.15, 0.2) is 11.5 Å². The van der Waals surface area contributed by atoms with Gasteiger partial charge in [-0.05, 0) is 48.7 Å². The molecule has 158 valence electrons. The SMILES string of the molecule is CCOC(=O)C(C)Cc1ccc(OC)c(OCCc2ccc(C(F)(F)F)cc2)c1. The summed E-state index contributed by atoms with van der Waals surface area (Å²) >= 11 is 0. The van der Waals surface area contributed by atoms with Crippen LogP contribution in [0.3, 0.4) is 0 Å². The van der Waals surface area contributed by atoms with E-state index in [1.807, 2.05) is 6.07 Å². The highest BCUT2D eigenvalue weighted by Gasteiger charge is 2.29. The molecular formula is C22H25F3O4. The van der Waals surface area contributed by atoms with Gasteiger partial charge >= 0.3 is 12.1 Å². The van der Waals surface area contributed by atoms with Crippen molar-refractivity contribution in [2.45, 2.75) is 32.9 Å². The van der Waals surface area contributed by atoms with Crippen LogP contribution in [-0.2, 0) is 28.5 Å². The number of hydrogen-bond acceptors (Lipinski definition) is 4. The smallest absolute Gasteiger partial charge is 0.416 e. The van der Waals surface area contributed by atoms with Crippen LogP contribution in [0.25, 0.3) is 0 Å². The first-order valence-corrected chi connectivity index (χ1v) is 9.37. The molecule has 0 N–H and O–H groups in total. The average Bonchev–Trinajstić information content (AvgIpc) is 2.68. The molecule has 0 radical (unpaired) electrons. The van der Waals surface area contributed by atoms with Crippen LogP contribution in [0.2, 0.25) is 0 Å². The Balaban J connectivity index is 1.99. The Hall–Kier alpha value is -2.70. The molecule has 7 heteroatoms. The van der Waals surface area contributed by atoms with Crippen LogP contribution in [0.5, 0.6) is 11.5 Å². The number of benzene rings is 2. The lowest BCUT2D eigenvalue weighted by Crippen LogP contribution is -2.17. The summed E-state index contributed by atoms with van der Waals surface area (Å²) in [5, 5.41) is 0. The molecule has 0 aliphatic rings. The second kappa shape index (κ2) is 10.2. The van der Waals surface area contributed by atoms with E-state index < -0.39 is 11.7 Å². The van der Waals surface area contributed by atoms with Gasteiger partial charge in [-0.25, -0.2) is 0 Å². The van der Waals surface area contributed by atoms with E-state index >= 15 is 0 Å². The second-order valence-electron chi connectivity index (χ2n) is 6.64. The number of hydrogen-bond donors (Lipinski definition) is 0. The van der Waals surface area contributed by atoms with Crippen molar-refractivity contribution >= 4 is 5.97 Å². The molecule has 0 aromatic heterocycles. The van der Waals surface area contributed by atoms with E-state index in [4.69, 9.17) is 14.2 Å². The number of esters is 1. The molecule has 0 fully saturated rings. The summed E-state index contributed by atoms with van der Waals surface area (Å²) < 4.78 is 54.0. The van der Waals surface area contributed by atoms with Crippen LogP contribution in [0.4, 0.5) is 13.2 Å². The van der Waals surface area contributed by atoms with Crippen molar-refractivity contribution in [1.29, 1.82) is 0 Å². The standard InChI is InChI=1S/C22H25F3O4/c1-4-28-21(26)15(2)13-17-7-10-19(27-3)20(14-17)29-12-11-16-5-8-18(9-6-16)22(23,24)25/h5-10,14-15H,4,11-13H2,1-3H3. The third-order valence-corrected chi connectivity index (χ3v) is 4.39. The molecule has 0 aliphatic carbocycles. The first-order valence-electron chi connectivity index (χ1n) is 9.37. The molecule has 0 saturated carbocycles. The minimum absolute atomic E-state index is 0.256. The molecule has 0 aliphatic heterocycles. The summed E-state index contributed by atoms with van der Waals surface area (Å²) in [5.41, 5.74) is 0.965. The van der Waals surface area contributed by atoms with Gasteiger partial charge in [0.25, 0.3) is 0 Å². The van der Waals surface area contributed by atoms with Gasteiger partial charge in [0, 0.05) is 6.42 Å². The van der Waals surface area contributed by atoms with Gasteiger partial charge in [-0.2, -0.15) is 13.2 Å². The summed E-state index contributed by atoms with van der Waals surface area (Å²) in [6, 6.07) is 10.4. The number of ether oxygens (including phenoxy) is 3. The fraction of sp³-hybridized carbons (Fsp3) is 0.409. The zero-order valence-electron chi connectivity index (χ0n) is 16.7. The molecule has 1 unspecified atom stereocenters. The van der Waals surface area contributed by atoms with E-state index in [1.54, 1.807) is 26.0 Å². The second-order valence-corrected chi connectivity index (χ2v) is 6.64.